The first-order chi connectivity index (χ1) is 14.6. The Balaban J connectivity index is 1.33. The van der Waals surface area contributed by atoms with Crippen LogP contribution in [0.4, 0.5) is 11.5 Å². The summed E-state index contributed by atoms with van der Waals surface area (Å²) >= 11 is 0. The first-order valence-electron chi connectivity index (χ1n) is 10.3. The van der Waals surface area contributed by atoms with Crippen LogP contribution >= 0.6 is 0 Å². The van der Waals surface area contributed by atoms with E-state index in [2.05, 4.69) is 20.4 Å². The number of nitrogens with zero attached hydrogens (tertiary/aromatic N) is 3. The van der Waals surface area contributed by atoms with Crippen molar-refractivity contribution < 1.29 is 14.1 Å². The average Bonchev–Trinajstić information content (AvgIpc) is 3.11. The zero-order valence-electron chi connectivity index (χ0n) is 17.4. The highest BCUT2D eigenvalue weighted by Gasteiger charge is 2.13. The van der Waals surface area contributed by atoms with E-state index in [0.29, 0.717) is 23.7 Å². The van der Waals surface area contributed by atoms with E-state index < -0.39 is 0 Å². The van der Waals surface area contributed by atoms with Gasteiger partial charge in [-0.1, -0.05) is 5.16 Å². The fourth-order valence-corrected chi connectivity index (χ4v) is 3.55. The molecule has 0 atom stereocenters. The predicted octanol–water partition coefficient (Wildman–Crippen LogP) is 4.51. The number of anilines is 2. The molecule has 0 radical (unpaired) electrons. The molecule has 2 aromatic heterocycles. The van der Waals surface area contributed by atoms with Gasteiger partial charge in [-0.05, 0) is 69.5 Å². The number of benzene rings is 1. The van der Waals surface area contributed by atoms with Gasteiger partial charge in [-0.3, -0.25) is 4.79 Å². The molecule has 156 valence electrons. The van der Waals surface area contributed by atoms with E-state index in [9.17, 15) is 4.79 Å². The van der Waals surface area contributed by atoms with Crippen molar-refractivity contribution in [2.75, 3.05) is 23.3 Å². The summed E-state index contributed by atoms with van der Waals surface area (Å²) in [5.41, 5.74) is 3.41. The largest absolute Gasteiger partial charge is 0.489 e. The predicted molar refractivity (Wildman–Crippen MR) is 115 cm³/mol. The van der Waals surface area contributed by atoms with Crippen molar-refractivity contribution in [1.29, 1.82) is 0 Å². The van der Waals surface area contributed by atoms with Crippen LogP contribution in [0.15, 0.2) is 47.1 Å². The van der Waals surface area contributed by atoms with Crippen LogP contribution in [0, 0.1) is 13.8 Å². The van der Waals surface area contributed by atoms with E-state index in [0.717, 1.165) is 35.8 Å². The lowest BCUT2D eigenvalue weighted by atomic mass is 10.1. The number of piperidine rings is 1. The number of hydrogen-bond acceptors (Lipinski definition) is 6. The molecule has 0 aliphatic carbocycles. The second-order valence-electron chi connectivity index (χ2n) is 7.52. The quantitative estimate of drug-likeness (QED) is 0.649. The fraction of sp³-hybridized carbons (Fsp3) is 0.348. The molecule has 1 fully saturated rings. The smallest absolute Gasteiger partial charge is 0.256 e. The molecule has 0 bridgehead atoms. The van der Waals surface area contributed by atoms with Gasteiger partial charge in [0.15, 0.2) is 0 Å². The third-order valence-electron chi connectivity index (χ3n) is 5.39. The summed E-state index contributed by atoms with van der Waals surface area (Å²) in [5, 5.41) is 6.77. The minimum Gasteiger partial charge on any atom is -0.489 e. The molecule has 1 saturated heterocycles. The maximum atomic E-state index is 12.5. The molecule has 0 spiro atoms. The molecule has 1 aliphatic rings. The van der Waals surface area contributed by atoms with Crippen LogP contribution in [-0.2, 0) is 6.61 Å². The molecule has 7 heteroatoms. The number of hydrogen-bond donors (Lipinski definition) is 1. The summed E-state index contributed by atoms with van der Waals surface area (Å²) in [4.78, 5) is 19.3. The summed E-state index contributed by atoms with van der Waals surface area (Å²) in [6.45, 7) is 6.26. The molecule has 0 saturated carbocycles. The van der Waals surface area contributed by atoms with Crippen LogP contribution in [-0.4, -0.2) is 29.1 Å². The van der Waals surface area contributed by atoms with Crippen LogP contribution in [0.5, 0.6) is 5.75 Å². The van der Waals surface area contributed by atoms with Crippen molar-refractivity contribution in [3.05, 3.63) is 65.2 Å². The van der Waals surface area contributed by atoms with Crippen molar-refractivity contribution in [2.45, 2.75) is 39.7 Å². The molecule has 1 aromatic carbocycles. The average molecular weight is 406 g/mol. The van der Waals surface area contributed by atoms with Crippen LogP contribution in [0.2, 0.25) is 0 Å². The van der Waals surface area contributed by atoms with Gasteiger partial charge >= 0.3 is 0 Å². The monoisotopic (exact) mass is 406 g/mol. The fourth-order valence-electron chi connectivity index (χ4n) is 3.55. The van der Waals surface area contributed by atoms with E-state index in [1.165, 1.54) is 19.3 Å². The van der Waals surface area contributed by atoms with Crippen molar-refractivity contribution in [3.63, 3.8) is 0 Å². The molecule has 1 N–H and O–H groups in total. The molecule has 3 heterocycles. The first kappa shape index (κ1) is 19.9. The highest BCUT2D eigenvalue weighted by Crippen LogP contribution is 2.21. The molecular formula is C23H26N4O3. The molecule has 3 aromatic rings. The van der Waals surface area contributed by atoms with E-state index in [1.807, 2.05) is 32.2 Å². The normalized spacial score (nSPS) is 13.9. The number of nitrogens with one attached hydrogen (secondary N) is 1. The third kappa shape index (κ3) is 4.62. The Bertz CT molecular complexity index is 971. The second kappa shape index (κ2) is 8.98. The SMILES string of the molecule is Cc1noc(C)c1COc1ccc(C(=O)Nc2ccc(N3CCCCC3)cn2)cc1. The highest BCUT2D eigenvalue weighted by molar-refractivity contribution is 6.03. The van der Waals surface area contributed by atoms with Gasteiger partial charge in [-0.25, -0.2) is 4.98 Å². The van der Waals surface area contributed by atoms with Crippen LogP contribution in [0.25, 0.3) is 0 Å². The number of ether oxygens (including phenoxy) is 1. The lowest BCUT2D eigenvalue weighted by Gasteiger charge is -2.28. The summed E-state index contributed by atoms with van der Waals surface area (Å²) in [6, 6.07) is 10.9. The molecule has 30 heavy (non-hydrogen) atoms. The van der Waals surface area contributed by atoms with E-state index in [1.54, 1.807) is 24.3 Å². The first-order valence-corrected chi connectivity index (χ1v) is 10.3. The number of amides is 1. The summed E-state index contributed by atoms with van der Waals surface area (Å²) < 4.78 is 10.9. The van der Waals surface area contributed by atoms with E-state index in [-0.39, 0.29) is 5.91 Å². The number of aromatic nitrogens is 2. The lowest BCUT2D eigenvalue weighted by Crippen LogP contribution is -2.29. The van der Waals surface area contributed by atoms with Gasteiger partial charge in [0, 0.05) is 18.7 Å². The van der Waals surface area contributed by atoms with Gasteiger partial charge in [0.25, 0.3) is 5.91 Å². The molecule has 0 unspecified atom stereocenters. The van der Waals surface area contributed by atoms with E-state index >= 15 is 0 Å². The molecule has 1 amide bonds. The number of carbonyl (C=O) groups is 1. The Morgan fingerprint density at radius 2 is 1.87 bits per heavy atom. The molecule has 1 aliphatic heterocycles. The Kier molecular flexibility index (Phi) is 5.97. The zero-order valence-corrected chi connectivity index (χ0v) is 17.4. The molecule has 4 rings (SSSR count). The van der Waals surface area contributed by atoms with Gasteiger partial charge in [0.1, 0.15) is 23.9 Å². The number of rotatable bonds is 6. The Morgan fingerprint density at radius 1 is 1.10 bits per heavy atom. The third-order valence-corrected chi connectivity index (χ3v) is 5.39. The summed E-state index contributed by atoms with van der Waals surface area (Å²) in [6.07, 6.45) is 5.56. The Hall–Kier alpha value is -3.35. The number of carbonyl (C=O) groups excluding carboxylic acids is 1. The van der Waals surface area contributed by atoms with E-state index in [4.69, 9.17) is 9.26 Å². The van der Waals surface area contributed by atoms with Gasteiger partial charge in [-0.2, -0.15) is 0 Å². The van der Waals surface area contributed by atoms with Crippen molar-refractivity contribution in [2.24, 2.45) is 0 Å². The maximum absolute atomic E-state index is 12.5. The zero-order chi connectivity index (χ0) is 20.9. The second-order valence-corrected chi connectivity index (χ2v) is 7.52. The lowest BCUT2D eigenvalue weighted by molar-refractivity contribution is 0.102. The van der Waals surface area contributed by atoms with Crippen LogP contribution < -0.4 is 15.0 Å². The summed E-state index contributed by atoms with van der Waals surface area (Å²) in [7, 11) is 0. The van der Waals surface area contributed by atoms with Gasteiger partial charge in [-0.15, -0.1) is 0 Å². The standard InChI is InChI=1S/C23H26N4O3/c1-16-21(17(2)30-26-16)15-29-20-9-6-18(7-10-20)23(28)25-22-11-8-19(14-24-22)27-12-4-3-5-13-27/h6-11,14H,3-5,12-13,15H2,1-2H3,(H,24,25,28). The topological polar surface area (TPSA) is 80.5 Å². The number of aryl methyl sites for hydroxylation is 2. The minimum absolute atomic E-state index is 0.203. The molecule has 7 nitrogen and oxygen atoms in total. The van der Waals surface area contributed by atoms with Crippen LogP contribution in [0.3, 0.4) is 0 Å². The van der Waals surface area contributed by atoms with Crippen molar-refractivity contribution in [3.8, 4) is 5.75 Å². The maximum Gasteiger partial charge on any atom is 0.256 e. The number of pyridine rings is 1. The minimum atomic E-state index is -0.203. The Labute approximate surface area is 176 Å². The van der Waals surface area contributed by atoms with Gasteiger partial charge < -0.3 is 19.5 Å². The van der Waals surface area contributed by atoms with Gasteiger partial charge in [0.05, 0.1) is 23.1 Å². The Morgan fingerprint density at radius 3 is 2.50 bits per heavy atom. The summed E-state index contributed by atoms with van der Waals surface area (Å²) in [5.74, 6) is 1.77. The van der Waals surface area contributed by atoms with Crippen molar-refractivity contribution in [1.82, 2.24) is 10.1 Å². The van der Waals surface area contributed by atoms with Crippen LogP contribution in [0.1, 0.15) is 46.6 Å². The van der Waals surface area contributed by atoms with Crippen molar-refractivity contribution >= 4 is 17.4 Å². The molecular weight excluding hydrogens is 380 g/mol. The van der Waals surface area contributed by atoms with Gasteiger partial charge in [0.2, 0.25) is 0 Å². The highest BCUT2D eigenvalue weighted by atomic mass is 16.5.